The second-order valence-corrected chi connectivity index (χ2v) is 5.13. The van der Waals surface area contributed by atoms with Crippen molar-refractivity contribution in [1.29, 1.82) is 0 Å². The van der Waals surface area contributed by atoms with E-state index in [0.717, 1.165) is 31.6 Å². The minimum atomic E-state index is 0.0283. The summed E-state index contributed by atoms with van der Waals surface area (Å²) in [4.78, 5) is 14.5. The van der Waals surface area contributed by atoms with Crippen molar-refractivity contribution in [3.05, 3.63) is 29.3 Å². The molecule has 0 aromatic heterocycles. The third kappa shape index (κ3) is 2.41. The first kappa shape index (κ1) is 13.1. The molecule has 0 spiro atoms. The lowest BCUT2D eigenvalue weighted by atomic mass is 9.97. The van der Waals surface area contributed by atoms with Gasteiger partial charge >= 0.3 is 0 Å². The molecule has 1 heterocycles. The molecule has 1 aliphatic rings. The molecule has 0 bridgehead atoms. The van der Waals surface area contributed by atoms with Crippen molar-refractivity contribution in [1.82, 2.24) is 5.32 Å². The summed E-state index contributed by atoms with van der Waals surface area (Å²) < 4.78 is 0. The minimum Gasteiger partial charge on any atom is -0.319 e. The third-order valence-corrected chi connectivity index (χ3v) is 3.62. The van der Waals surface area contributed by atoms with Gasteiger partial charge in [0.25, 0.3) is 0 Å². The molecule has 1 aromatic rings. The molecule has 3 nitrogen and oxygen atoms in total. The molecule has 1 unspecified atom stereocenters. The van der Waals surface area contributed by atoms with Crippen LogP contribution < -0.4 is 10.2 Å². The number of fused-ring (bicyclic) bond motifs is 1. The van der Waals surface area contributed by atoms with Crippen molar-refractivity contribution in [3.63, 3.8) is 0 Å². The normalized spacial score (nSPS) is 16.3. The van der Waals surface area contributed by atoms with Gasteiger partial charge in [-0.15, -0.1) is 0 Å². The van der Waals surface area contributed by atoms with E-state index in [4.69, 9.17) is 0 Å². The van der Waals surface area contributed by atoms with Crippen LogP contribution in [0.25, 0.3) is 0 Å². The van der Waals surface area contributed by atoms with Gasteiger partial charge in [0, 0.05) is 24.7 Å². The van der Waals surface area contributed by atoms with Crippen molar-refractivity contribution in [2.75, 3.05) is 25.0 Å². The highest BCUT2D eigenvalue weighted by atomic mass is 16.2. The second-order valence-electron chi connectivity index (χ2n) is 5.13. The summed E-state index contributed by atoms with van der Waals surface area (Å²) in [6.45, 7) is 5.67. The van der Waals surface area contributed by atoms with Crippen LogP contribution in [0.3, 0.4) is 0 Å². The van der Waals surface area contributed by atoms with E-state index in [1.54, 1.807) is 0 Å². The molecule has 0 aliphatic carbocycles. The summed E-state index contributed by atoms with van der Waals surface area (Å²) in [6, 6.07) is 6.32. The Morgan fingerprint density at radius 1 is 1.50 bits per heavy atom. The Morgan fingerprint density at radius 2 is 2.28 bits per heavy atom. The molecular weight excluding hydrogens is 224 g/mol. The van der Waals surface area contributed by atoms with Crippen molar-refractivity contribution in [2.24, 2.45) is 5.92 Å². The molecule has 18 heavy (non-hydrogen) atoms. The summed E-state index contributed by atoms with van der Waals surface area (Å²) in [5.74, 6) is 0.264. The Bertz CT molecular complexity index is 442. The van der Waals surface area contributed by atoms with Gasteiger partial charge in [-0.25, -0.2) is 0 Å². The van der Waals surface area contributed by atoms with Gasteiger partial charge in [0.2, 0.25) is 5.91 Å². The maximum atomic E-state index is 12.5. The fourth-order valence-electron chi connectivity index (χ4n) is 2.73. The van der Waals surface area contributed by atoms with Crippen LogP contribution in [0.4, 0.5) is 5.69 Å². The van der Waals surface area contributed by atoms with Crippen molar-refractivity contribution in [3.8, 4) is 0 Å². The van der Waals surface area contributed by atoms with Crippen LogP contribution in [0, 0.1) is 12.8 Å². The van der Waals surface area contributed by atoms with Gasteiger partial charge in [-0.2, -0.15) is 0 Å². The summed E-state index contributed by atoms with van der Waals surface area (Å²) in [5, 5.41) is 3.08. The number of hydrogen-bond donors (Lipinski definition) is 1. The third-order valence-electron chi connectivity index (χ3n) is 3.62. The quantitative estimate of drug-likeness (QED) is 0.886. The Kier molecular flexibility index (Phi) is 4.02. The molecule has 0 saturated carbocycles. The van der Waals surface area contributed by atoms with Gasteiger partial charge in [-0.1, -0.05) is 25.1 Å². The zero-order valence-electron chi connectivity index (χ0n) is 11.5. The fraction of sp³-hybridized carbons (Fsp3) is 0.533. The summed E-state index contributed by atoms with van der Waals surface area (Å²) in [6.07, 6.45) is 2.15. The summed E-state index contributed by atoms with van der Waals surface area (Å²) >= 11 is 0. The van der Waals surface area contributed by atoms with Crippen molar-refractivity contribution >= 4 is 11.6 Å². The number of para-hydroxylation sites is 1. The average Bonchev–Trinajstić information content (AvgIpc) is 2.38. The van der Waals surface area contributed by atoms with Crippen molar-refractivity contribution in [2.45, 2.75) is 26.7 Å². The van der Waals surface area contributed by atoms with E-state index in [1.807, 2.05) is 18.9 Å². The first-order chi connectivity index (χ1) is 8.65. The standard InChI is InChI=1S/C15H22N2O/c1-11-6-4-7-13-8-5-9-17(14(11)13)15(18)12(2)10-16-3/h4,6-7,12,16H,5,8-10H2,1-3H3. The molecule has 1 amide bonds. The maximum absolute atomic E-state index is 12.5. The van der Waals surface area contributed by atoms with E-state index in [2.05, 4.69) is 30.4 Å². The minimum absolute atomic E-state index is 0.0283. The second kappa shape index (κ2) is 5.53. The van der Waals surface area contributed by atoms with E-state index in [-0.39, 0.29) is 11.8 Å². The van der Waals surface area contributed by atoms with E-state index in [0.29, 0.717) is 0 Å². The number of anilines is 1. The summed E-state index contributed by atoms with van der Waals surface area (Å²) in [5.41, 5.74) is 3.67. The van der Waals surface area contributed by atoms with E-state index in [9.17, 15) is 4.79 Å². The SMILES string of the molecule is CNCC(C)C(=O)N1CCCc2cccc(C)c21. The zero-order valence-corrected chi connectivity index (χ0v) is 11.5. The summed E-state index contributed by atoms with van der Waals surface area (Å²) in [7, 11) is 1.89. The number of amides is 1. The van der Waals surface area contributed by atoms with Gasteiger partial charge in [0.1, 0.15) is 0 Å². The first-order valence-electron chi connectivity index (χ1n) is 6.69. The number of carbonyl (C=O) groups is 1. The highest BCUT2D eigenvalue weighted by Gasteiger charge is 2.26. The van der Waals surface area contributed by atoms with Crippen LogP contribution in [-0.2, 0) is 11.2 Å². The number of aryl methyl sites for hydroxylation is 2. The molecule has 2 rings (SSSR count). The molecule has 1 atom stereocenters. The van der Waals surface area contributed by atoms with Crippen LogP contribution >= 0.6 is 0 Å². The van der Waals surface area contributed by atoms with Gasteiger partial charge in [-0.3, -0.25) is 4.79 Å². The van der Waals surface area contributed by atoms with E-state index < -0.39 is 0 Å². The van der Waals surface area contributed by atoms with Crippen LogP contribution in [0.5, 0.6) is 0 Å². The molecule has 0 radical (unpaired) electrons. The monoisotopic (exact) mass is 246 g/mol. The van der Waals surface area contributed by atoms with Crippen molar-refractivity contribution < 1.29 is 4.79 Å². The number of rotatable bonds is 3. The average molecular weight is 246 g/mol. The fourth-order valence-corrected chi connectivity index (χ4v) is 2.73. The Labute approximate surface area is 109 Å². The number of carbonyl (C=O) groups excluding carboxylic acids is 1. The van der Waals surface area contributed by atoms with Crippen LogP contribution in [0.15, 0.2) is 18.2 Å². The molecule has 1 aliphatic heterocycles. The number of nitrogens with one attached hydrogen (secondary N) is 1. The molecular formula is C15H22N2O. The lowest BCUT2D eigenvalue weighted by Gasteiger charge is -2.33. The molecule has 1 N–H and O–H groups in total. The largest absolute Gasteiger partial charge is 0.319 e. The highest BCUT2D eigenvalue weighted by Crippen LogP contribution is 2.31. The predicted molar refractivity (Wildman–Crippen MR) is 74.9 cm³/mol. The van der Waals surface area contributed by atoms with Crippen LogP contribution in [0.1, 0.15) is 24.5 Å². The molecule has 98 valence electrons. The molecule has 0 saturated heterocycles. The Morgan fingerprint density at radius 3 is 3.00 bits per heavy atom. The lowest BCUT2D eigenvalue weighted by molar-refractivity contribution is -0.121. The first-order valence-corrected chi connectivity index (χ1v) is 6.69. The van der Waals surface area contributed by atoms with E-state index >= 15 is 0 Å². The van der Waals surface area contributed by atoms with E-state index in [1.165, 1.54) is 11.1 Å². The number of nitrogens with zero attached hydrogens (tertiary/aromatic N) is 1. The van der Waals surface area contributed by atoms with Gasteiger partial charge in [-0.05, 0) is 37.9 Å². The number of benzene rings is 1. The zero-order chi connectivity index (χ0) is 13.1. The van der Waals surface area contributed by atoms with Gasteiger partial charge in [0.15, 0.2) is 0 Å². The van der Waals surface area contributed by atoms with Crippen LogP contribution in [0.2, 0.25) is 0 Å². The van der Waals surface area contributed by atoms with Gasteiger partial charge < -0.3 is 10.2 Å². The highest BCUT2D eigenvalue weighted by molar-refractivity contribution is 5.96. The predicted octanol–water partition coefficient (Wildman–Crippen LogP) is 2.13. The molecule has 1 aromatic carbocycles. The van der Waals surface area contributed by atoms with Crippen LogP contribution in [-0.4, -0.2) is 26.0 Å². The van der Waals surface area contributed by atoms with Gasteiger partial charge in [0.05, 0.1) is 0 Å². The lowest BCUT2D eigenvalue weighted by Crippen LogP contribution is -2.41. The molecule has 0 fully saturated rings. The molecule has 3 heteroatoms. The maximum Gasteiger partial charge on any atom is 0.231 e. The number of hydrogen-bond acceptors (Lipinski definition) is 2. The Balaban J connectivity index is 2.30. The Hall–Kier alpha value is -1.35. The smallest absolute Gasteiger partial charge is 0.231 e. The topological polar surface area (TPSA) is 32.3 Å².